The molecule has 8 heteroatoms. The third kappa shape index (κ3) is 4.60. The van der Waals surface area contributed by atoms with E-state index in [9.17, 15) is 9.59 Å². The molecule has 168 valence electrons. The third-order valence-electron chi connectivity index (χ3n) is 5.66. The lowest BCUT2D eigenvalue weighted by atomic mass is 10.1. The van der Waals surface area contributed by atoms with Crippen molar-refractivity contribution < 1.29 is 4.79 Å². The number of thiophene rings is 1. The summed E-state index contributed by atoms with van der Waals surface area (Å²) in [5.41, 5.74) is 2.90. The van der Waals surface area contributed by atoms with Crippen molar-refractivity contribution in [3.8, 4) is 0 Å². The number of hydrogen-bond donors (Lipinski definition) is 1. The Balaban J connectivity index is 1.49. The van der Waals surface area contributed by atoms with Gasteiger partial charge in [0.15, 0.2) is 0 Å². The van der Waals surface area contributed by atoms with Crippen LogP contribution in [-0.4, -0.2) is 25.1 Å². The molecule has 0 saturated carbocycles. The maximum Gasteiger partial charge on any atom is 0.272 e. The van der Waals surface area contributed by atoms with Crippen molar-refractivity contribution in [2.45, 2.75) is 59.4 Å². The molecule has 0 fully saturated rings. The fourth-order valence-corrected chi connectivity index (χ4v) is 4.61. The Labute approximate surface area is 191 Å². The van der Waals surface area contributed by atoms with Gasteiger partial charge in [-0.15, -0.1) is 21.5 Å². The van der Waals surface area contributed by atoms with Crippen LogP contribution in [0.4, 0.5) is 5.69 Å². The highest BCUT2D eigenvalue weighted by atomic mass is 32.1. The summed E-state index contributed by atoms with van der Waals surface area (Å²) in [6.45, 7) is 7.01. The largest absolute Gasteiger partial charge is 0.326 e. The zero-order valence-corrected chi connectivity index (χ0v) is 19.6. The number of nitrogens with one attached hydrogen (secondary N) is 1. The van der Waals surface area contributed by atoms with Gasteiger partial charge in [0.25, 0.3) is 5.56 Å². The maximum atomic E-state index is 13.0. The van der Waals surface area contributed by atoms with Crippen LogP contribution in [0.3, 0.4) is 0 Å². The van der Waals surface area contributed by atoms with Crippen molar-refractivity contribution in [1.29, 1.82) is 0 Å². The summed E-state index contributed by atoms with van der Waals surface area (Å²) in [5.74, 6) is 1.83. The Morgan fingerprint density at radius 1 is 1.16 bits per heavy atom. The highest BCUT2D eigenvalue weighted by Crippen LogP contribution is 2.21. The monoisotopic (exact) mass is 451 g/mol. The molecule has 0 atom stereocenters. The van der Waals surface area contributed by atoms with Crippen LogP contribution in [-0.2, 0) is 24.2 Å². The van der Waals surface area contributed by atoms with Crippen LogP contribution in [0.5, 0.6) is 0 Å². The van der Waals surface area contributed by atoms with E-state index in [1.807, 2.05) is 40.1 Å². The van der Waals surface area contributed by atoms with Gasteiger partial charge in [-0.2, -0.15) is 0 Å². The van der Waals surface area contributed by atoms with E-state index in [0.717, 1.165) is 34.6 Å². The lowest BCUT2D eigenvalue weighted by Crippen LogP contribution is -2.23. The number of carbonyl (C=O) groups excluding carboxylic acids is 1. The molecular formula is C24H29N5O2S. The summed E-state index contributed by atoms with van der Waals surface area (Å²) in [6.07, 6.45) is 3.52. The van der Waals surface area contributed by atoms with E-state index < -0.39 is 0 Å². The predicted molar refractivity (Wildman–Crippen MR) is 129 cm³/mol. The molecule has 1 N–H and O–H groups in total. The Bertz CT molecular complexity index is 1280. The number of nitrogens with zero attached hydrogens (tertiary/aromatic N) is 4. The molecule has 0 bridgehead atoms. The SMILES string of the molecule is CCc1ccc(NC(=O)CCCc2nnc3n(CCC(C)C)c(=O)c4sccc4n23)cc1. The molecule has 1 aromatic carbocycles. The molecule has 3 aromatic heterocycles. The van der Waals surface area contributed by atoms with Crippen molar-refractivity contribution in [3.63, 3.8) is 0 Å². The number of carbonyl (C=O) groups is 1. The van der Waals surface area contributed by atoms with E-state index in [-0.39, 0.29) is 11.5 Å². The molecule has 3 heterocycles. The van der Waals surface area contributed by atoms with Crippen molar-refractivity contribution >= 4 is 38.9 Å². The molecule has 0 aliphatic carbocycles. The molecule has 1 amide bonds. The van der Waals surface area contributed by atoms with Gasteiger partial charge in [-0.1, -0.05) is 32.9 Å². The van der Waals surface area contributed by atoms with Crippen LogP contribution in [0.1, 0.15) is 51.4 Å². The van der Waals surface area contributed by atoms with Gasteiger partial charge in [0.2, 0.25) is 11.7 Å². The number of benzene rings is 1. The highest BCUT2D eigenvalue weighted by molar-refractivity contribution is 7.17. The molecule has 0 unspecified atom stereocenters. The van der Waals surface area contributed by atoms with E-state index in [0.29, 0.717) is 37.5 Å². The van der Waals surface area contributed by atoms with Gasteiger partial charge in [0, 0.05) is 25.1 Å². The summed E-state index contributed by atoms with van der Waals surface area (Å²) in [6, 6.07) is 9.88. The Morgan fingerprint density at radius 2 is 1.94 bits per heavy atom. The minimum absolute atomic E-state index is 0.00410. The molecule has 0 saturated heterocycles. The second-order valence-corrected chi connectivity index (χ2v) is 9.39. The third-order valence-corrected chi connectivity index (χ3v) is 6.55. The summed E-state index contributed by atoms with van der Waals surface area (Å²) < 4.78 is 4.44. The number of hydrogen-bond acceptors (Lipinski definition) is 5. The summed E-state index contributed by atoms with van der Waals surface area (Å²) in [5, 5.41) is 13.6. The van der Waals surface area contributed by atoms with E-state index >= 15 is 0 Å². The van der Waals surface area contributed by atoms with Gasteiger partial charge < -0.3 is 5.32 Å². The van der Waals surface area contributed by atoms with Crippen LogP contribution < -0.4 is 10.9 Å². The standard InChI is InChI=1S/C24H29N5O2S/c1-4-17-8-10-18(11-9-17)25-21(30)7-5-6-20-26-27-24-28(14-12-16(2)3)23(31)22-19(29(20)24)13-15-32-22/h8-11,13,15-16H,4-7,12,14H2,1-3H3,(H,25,30). The second-order valence-electron chi connectivity index (χ2n) is 8.48. The van der Waals surface area contributed by atoms with Crippen LogP contribution in [0, 0.1) is 5.92 Å². The molecule has 7 nitrogen and oxygen atoms in total. The fourth-order valence-electron chi connectivity index (χ4n) is 3.79. The topological polar surface area (TPSA) is 81.3 Å². The fraction of sp³-hybridized carbons (Fsp3) is 0.417. The average Bonchev–Trinajstić information content (AvgIpc) is 3.41. The van der Waals surface area contributed by atoms with E-state index in [1.165, 1.54) is 16.9 Å². The first kappa shape index (κ1) is 22.2. The smallest absolute Gasteiger partial charge is 0.272 e. The maximum absolute atomic E-state index is 13.0. The lowest BCUT2D eigenvalue weighted by molar-refractivity contribution is -0.116. The summed E-state index contributed by atoms with van der Waals surface area (Å²) >= 11 is 1.45. The molecule has 0 radical (unpaired) electrons. The Kier molecular flexibility index (Phi) is 6.69. The minimum atomic E-state index is -0.0161. The predicted octanol–water partition coefficient (Wildman–Crippen LogP) is 4.68. The minimum Gasteiger partial charge on any atom is -0.326 e. The number of rotatable bonds is 9. The molecule has 0 spiro atoms. The molecule has 0 aliphatic heterocycles. The molecule has 4 rings (SSSR count). The first-order valence-electron chi connectivity index (χ1n) is 11.2. The van der Waals surface area contributed by atoms with E-state index in [2.05, 4.69) is 36.3 Å². The zero-order valence-electron chi connectivity index (χ0n) is 18.8. The molecular weight excluding hydrogens is 422 g/mol. The van der Waals surface area contributed by atoms with E-state index in [4.69, 9.17) is 0 Å². The van der Waals surface area contributed by atoms with Gasteiger partial charge in [-0.05, 0) is 54.3 Å². The van der Waals surface area contributed by atoms with Gasteiger partial charge in [-0.3, -0.25) is 18.6 Å². The normalized spacial score (nSPS) is 11.6. The highest BCUT2D eigenvalue weighted by Gasteiger charge is 2.17. The number of fused-ring (bicyclic) bond motifs is 3. The summed E-state index contributed by atoms with van der Waals surface area (Å²) in [7, 11) is 0. The van der Waals surface area contributed by atoms with Crippen molar-refractivity contribution in [2.75, 3.05) is 5.32 Å². The number of amides is 1. The first-order valence-corrected chi connectivity index (χ1v) is 12.1. The van der Waals surface area contributed by atoms with Crippen LogP contribution in [0.15, 0.2) is 40.5 Å². The number of anilines is 1. The number of aryl methyl sites for hydroxylation is 3. The van der Waals surface area contributed by atoms with Gasteiger partial charge in [0.1, 0.15) is 10.5 Å². The molecule has 4 aromatic rings. The van der Waals surface area contributed by atoms with Gasteiger partial charge >= 0.3 is 0 Å². The van der Waals surface area contributed by atoms with Crippen molar-refractivity contribution in [1.82, 2.24) is 19.2 Å². The van der Waals surface area contributed by atoms with Crippen LogP contribution >= 0.6 is 11.3 Å². The molecule has 32 heavy (non-hydrogen) atoms. The van der Waals surface area contributed by atoms with Gasteiger partial charge in [-0.25, -0.2) is 0 Å². The quantitative estimate of drug-likeness (QED) is 0.401. The van der Waals surface area contributed by atoms with E-state index in [1.54, 1.807) is 4.57 Å². The lowest BCUT2D eigenvalue weighted by Gasteiger charge is -2.11. The first-order chi connectivity index (χ1) is 15.5. The van der Waals surface area contributed by atoms with Crippen LogP contribution in [0.2, 0.25) is 0 Å². The molecule has 0 aliphatic rings. The van der Waals surface area contributed by atoms with Gasteiger partial charge in [0.05, 0.1) is 5.52 Å². The Morgan fingerprint density at radius 3 is 2.66 bits per heavy atom. The Hall–Kier alpha value is -3.00. The summed E-state index contributed by atoms with van der Waals surface area (Å²) in [4.78, 5) is 25.4. The number of aromatic nitrogens is 4. The van der Waals surface area contributed by atoms with Crippen molar-refractivity contribution in [2.24, 2.45) is 5.92 Å². The van der Waals surface area contributed by atoms with Crippen LogP contribution in [0.25, 0.3) is 16.0 Å². The second kappa shape index (κ2) is 9.65. The zero-order chi connectivity index (χ0) is 22.7. The average molecular weight is 452 g/mol. The van der Waals surface area contributed by atoms with Crippen molar-refractivity contribution in [3.05, 3.63) is 57.5 Å².